The molecule has 2 aromatic rings. The summed E-state index contributed by atoms with van der Waals surface area (Å²) < 4.78 is 0. The molecule has 4 heteroatoms. The van der Waals surface area contributed by atoms with Gasteiger partial charge in [0.15, 0.2) is 0 Å². The summed E-state index contributed by atoms with van der Waals surface area (Å²) in [5.41, 5.74) is 2.75. The summed E-state index contributed by atoms with van der Waals surface area (Å²) in [6, 6.07) is 17.5. The molecule has 0 aromatic heterocycles. The van der Waals surface area contributed by atoms with Crippen molar-refractivity contribution in [2.75, 3.05) is 19.6 Å². The van der Waals surface area contributed by atoms with Crippen LogP contribution in [0.4, 0.5) is 0 Å². The molecule has 2 atom stereocenters. The Hall–Kier alpha value is -2.62. The maximum absolute atomic E-state index is 12.4. The molecule has 2 aromatic carbocycles. The van der Waals surface area contributed by atoms with Gasteiger partial charge in [-0.2, -0.15) is 0 Å². The van der Waals surface area contributed by atoms with E-state index < -0.39 is 0 Å². The number of nitrogens with one attached hydrogen (secondary N) is 1. The topological polar surface area (TPSA) is 49.4 Å². The number of hydrogen-bond acceptors (Lipinski definition) is 2. The van der Waals surface area contributed by atoms with Crippen molar-refractivity contribution in [2.45, 2.75) is 20.3 Å². The van der Waals surface area contributed by atoms with Gasteiger partial charge < -0.3 is 10.2 Å². The van der Waals surface area contributed by atoms with E-state index in [0.29, 0.717) is 17.4 Å². The fourth-order valence-electron chi connectivity index (χ4n) is 3.68. The lowest BCUT2D eigenvalue weighted by molar-refractivity contribution is -0.132. The highest BCUT2D eigenvalue weighted by Gasteiger charge is 2.25. The normalized spacial score (nSPS) is 19.8. The van der Waals surface area contributed by atoms with Crippen molar-refractivity contribution in [3.8, 4) is 11.1 Å². The number of rotatable bonds is 4. The summed E-state index contributed by atoms with van der Waals surface area (Å²) in [7, 11) is 0. The van der Waals surface area contributed by atoms with Gasteiger partial charge in [-0.1, -0.05) is 56.3 Å². The Morgan fingerprint density at radius 2 is 1.50 bits per heavy atom. The van der Waals surface area contributed by atoms with Gasteiger partial charge >= 0.3 is 0 Å². The van der Waals surface area contributed by atoms with Gasteiger partial charge in [0, 0.05) is 18.7 Å². The number of benzene rings is 2. The van der Waals surface area contributed by atoms with E-state index in [1.54, 1.807) is 12.1 Å². The molecule has 0 saturated carbocycles. The van der Waals surface area contributed by atoms with E-state index in [1.807, 2.05) is 47.4 Å². The highest BCUT2D eigenvalue weighted by molar-refractivity contribution is 5.96. The molecule has 26 heavy (non-hydrogen) atoms. The molecular weight excluding hydrogens is 324 g/mol. The monoisotopic (exact) mass is 350 g/mol. The summed E-state index contributed by atoms with van der Waals surface area (Å²) in [5.74, 6) is 0.821. The molecule has 1 N–H and O–H groups in total. The second kappa shape index (κ2) is 8.17. The van der Waals surface area contributed by atoms with E-state index in [4.69, 9.17) is 0 Å². The number of hydrogen-bond donors (Lipinski definition) is 1. The van der Waals surface area contributed by atoms with E-state index >= 15 is 0 Å². The lowest BCUT2D eigenvalue weighted by atomic mass is 9.92. The SMILES string of the molecule is CC1CC(C)CN(C(=O)CNC(=O)c2ccc(-c3ccccc3)cc2)C1. The molecule has 1 aliphatic heterocycles. The molecule has 0 aliphatic carbocycles. The number of carbonyl (C=O) groups excluding carboxylic acids is 2. The predicted octanol–water partition coefficient (Wildman–Crippen LogP) is 3.59. The van der Waals surface area contributed by atoms with E-state index in [0.717, 1.165) is 30.6 Å². The molecule has 3 rings (SSSR count). The molecule has 2 unspecified atom stereocenters. The molecule has 1 saturated heterocycles. The second-order valence-electron chi connectivity index (χ2n) is 7.37. The quantitative estimate of drug-likeness (QED) is 0.916. The highest BCUT2D eigenvalue weighted by Crippen LogP contribution is 2.21. The summed E-state index contributed by atoms with van der Waals surface area (Å²) in [4.78, 5) is 26.6. The predicted molar refractivity (Wildman–Crippen MR) is 104 cm³/mol. The molecule has 1 aliphatic rings. The van der Waals surface area contributed by atoms with Crippen LogP contribution in [0.3, 0.4) is 0 Å². The third-order valence-electron chi connectivity index (χ3n) is 4.88. The van der Waals surface area contributed by atoms with Crippen molar-refractivity contribution >= 4 is 11.8 Å². The average molecular weight is 350 g/mol. The first-order valence-corrected chi connectivity index (χ1v) is 9.24. The Balaban J connectivity index is 1.56. The molecule has 0 spiro atoms. The van der Waals surface area contributed by atoms with Crippen LogP contribution in [0, 0.1) is 11.8 Å². The zero-order valence-electron chi connectivity index (χ0n) is 15.4. The Labute approximate surface area is 155 Å². The van der Waals surface area contributed by atoms with Crippen LogP contribution in [0.5, 0.6) is 0 Å². The minimum Gasteiger partial charge on any atom is -0.343 e. The summed E-state index contributed by atoms with van der Waals surface area (Å²) in [6.07, 6.45) is 1.16. The average Bonchev–Trinajstić information content (AvgIpc) is 2.66. The van der Waals surface area contributed by atoms with Gasteiger partial charge in [0.1, 0.15) is 0 Å². The third kappa shape index (κ3) is 4.51. The molecule has 0 radical (unpaired) electrons. The number of piperidine rings is 1. The standard InChI is InChI=1S/C22H26N2O2/c1-16-12-17(2)15-24(14-16)21(25)13-23-22(26)20-10-8-19(9-11-20)18-6-4-3-5-7-18/h3-11,16-17H,12-15H2,1-2H3,(H,23,26). The fourth-order valence-corrected chi connectivity index (χ4v) is 3.68. The Bertz CT molecular complexity index is 745. The Morgan fingerprint density at radius 3 is 2.12 bits per heavy atom. The van der Waals surface area contributed by atoms with Crippen LogP contribution in [-0.2, 0) is 4.79 Å². The van der Waals surface area contributed by atoms with E-state index in [1.165, 1.54) is 0 Å². The van der Waals surface area contributed by atoms with Gasteiger partial charge in [0.25, 0.3) is 5.91 Å². The van der Waals surface area contributed by atoms with Crippen LogP contribution in [0.25, 0.3) is 11.1 Å². The zero-order chi connectivity index (χ0) is 18.5. The molecular formula is C22H26N2O2. The largest absolute Gasteiger partial charge is 0.343 e. The van der Waals surface area contributed by atoms with Gasteiger partial charge in [0.2, 0.25) is 5.91 Å². The molecule has 4 nitrogen and oxygen atoms in total. The first-order chi connectivity index (χ1) is 12.5. The zero-order valence-corrected chi connectivity index (χ0v) is 15.4. The van der Waals surface area contributed by atoms with Crippen LogP contribution in [0.1, 0.15) is 30.6 Å². The smallest absolute Gasteiger partial charge is 0.251 e. The maximum atomic E-state index is 12.4. The number of likely N-dealkylation sites (tertiary alicyclic amines) is 1. The first-order valence-electron chi connectivity index (χ1n) is 9.24. The Kier molecular flexibility index (Phi) is 5.71. The van der Waals surface area contributed by atoms with E-state index in [-0.39, 0.29) is 18.4 Å². The van der Waals surface area contributed by atoms with Crippen LogP contribution < -0.4 is 5.32 Å². The molecule has 1 heterocycles. The second-order valence-corrected chi connectivity index (χ2v) is 7.37. The summed E-state index contributed by atoms with van der Waals surface area (Å²) in [5, 5.41) is 2.75. The van der Waals surface area contributed by atoms with Crippen molar-refractivity contribution in [1.29, 1.82) is 0 Å². The summed E-state index contributed by atoms with van der Waals surface area (Å²) in [6.45, 7) is 5.96. The number of amides is 2. The number of nitrogens with zero attached hydrogens (tertiary/aromatic N) is 1. The van der Waals surface area contributed by atoms with Crippen LogP contribution in [-0.4, -0.2) is 36.3 Å². The van der Waals surface area contributed by atoms with Crippen LogP contribution in [0.15, 0.2) is 54.6 Å². The van der Waals surface area contributed by atoms with Gasteiger partial charge in [-0.15, -0.1) is 0 Å². The summed E-state index contributed by atoms with van der Waals surface area (Å²) >= 11 is 0. The maximum Gasteiger partial charge on any atom is 0.251 e. The van der Waals surface area contributed by atoms with Gasteiger partial charge in [-0.25, -0.2) is 0 Å². The van der Waals surface area contributed by atoms with Crippen LogP contribution >= 0.6 is 0 Å². The lowest BCUT2D eigenvalue weighted by Crippen LogP contribution is -2.46. The van der Waals surface area contributed by atoms with Gasteiger partial charge in [-0.3, -0.25) is 9.59 Å². The molecule has 2 amide bonds. The van der Waals surface area contributed by atoms with Crippen molar-refractivity contribution in [3.05, 3.63) is 60.2 Å². The van der Waals surface area contributed by atoms with Crippen molar-refractivity contribution < 1.29 is 9.59 Å². The van der Waals surface area contributed by atoms with Gasteiger partial charge in [0.05, 0.1) is 6.54 Å². The van der Waals surface area contributed by atoms with E-state index in [9.17, 15) is 9.59 Å². The molecule has 1 fully saturated rings. The Morgan fingerprint density at radius 1 is 0.923 bits per heavy atom. The van der Waals surface area contributed by atoms with Crippen molar-refractivity contribution in [1.82, 2.24) is 10.2 Å². The fraction of sp³-hybridized carbons (Fsp3) is 0.364. The van der Waals surface area contributed by atoms with Gasteiger partial charge in [-0.05, 0) is 41.5 Å². The highest BCUT2D eigenvalue weighted by atomic mass is 16.2. The third-order valence-corrected chi connectivity index (χ3v) is 4.88. The minimum absolute atomic E-state index is 0.00217. The minimum atomic E-state index is -0.212. The van der Waals surface area contributed by atoms with E-state index in [2.05, 4.69) is 19.2 Å². The molecule has 136 valence electrons. The first kappa shape index (κ1) is 18.2. The molecule has 0 bridgehead atoms. The van der Waals surface area contributed by atoms with Crippen LogP contribution in [0.2, 0.25) is 0 Å². The number of carbonyl (C=O) groups is 2. The lowest BCUT2D eigenvalue weighted by Gasteiger charge is -2.35. The van der Waals surface area contributed by atoms with Crippen molar-refractivity contribution in [3.63, 3.8) is 0 Å². The van der Waals surface area contributed by atoms with Crippen molar-refractivity contribution in [2.24, 2.45) is 11.8 Å².